The molecule has 1 aliphatic heterocycles. The number of nitrogens with zero attached hydrogens (tertiary/aromatic N) is 2. The van der Waals surface area contributed by atoms with Crippen molar-refractivity contribution in [2.45, 2.75) is 38.8 Å². The second-order valence-electron chi connectivity index (χ2n) is 5.68. The molecule has 0 amide bonds. The second-order valence-corrected chi connectivity index (χ2v) is 5.68. The molecule has 1 aromatic rings. The lowest BCUT2D eigenvalue weighted by Gasteiger charge is -2.30. The maximum Gasteiger partial charge on any atom is 0.305 e. The highest BCUT2D eigenvalue weighted by molar-refractivity contribution is 5.68. The number of carboxylic acid groups (broad SMARTS) is 1. The summed E-state index contributed by atoms with van der Waals surface area (Å²) < 4.78 is 0. The maximum absolute atomic E-state index is 11.2. The van der Waals surface area contributed by atoms with Crippen molar-refractivity contribution in [3.05, 3.63) is 35.9 Å². The number of aliphatic carboxylic acids is 1. The van der Waals surface area contributed by atoms with Crippen LogP contribution in [0.3, 0.4) is 0 Å². The summed E-state index contributed by atoms with van der Waals surface area (Å²) in [5.74, 6) is -0.727. The van der Waals surface area contributed by atoms with E-state index in [0.29, 0.717) is 6.04 Å². The third kappa shape index (κ3) is 4.05. The first-order chi connectivity index (χ1) is 10.2. The first kappa shape index (κ1) is 16.0. The summed E-state index contributed by atoms with van der Waals surface area (Å²) >= 11 is 0. The second kappa shape index (κ2) is 7.57. The van der Waals surface area contributed by atoms with Gasteiger partial charge < -0.3 is 5.11 Å². The smallest absolute Gasteiger partial charge is 0.305 e. The molecule has 0 aromatic heterocycles. The van der Waals surface area contributed by atoms with E-state index >= 15 is 0 Å². The van der Waals surface area contributed by atoms with Crippen LogP contribution in [0.5, 0.6) is 0 Å². The number of rotatable bonds is 7. The fraction of sp³-hybridized carbons (Fsp3) is 0.588. The molecule has 1 fully saturated rings. The van der Waals surface area contributed by atoms with Crippen molar-refractivity contribution in [3.63, 3.8) is 0 Å². The predicted octanol–water partition coefficient (Wildman–Crippen LogP) is 2.62. The normalized spacial score (nSPS) is 20.8. The van der Waals surface area contributed by atoms with E-state index in [2.05, 4.69) is 23.6 Å². The van der Waals surface area contributed by atoms with Crippen molar-refractivity contribution < 1.29 is 9.90 Å². The maximum atomic E-state index is 11.2. The van der Waals surface area contributed by atoms with Crippen molar-refractivity contribution in [3.8, 4) is 0 Å². The van der Waals surface area contributed by atoms with Crippen LogP contribution in [-0.2, 0) is 4.79 Å². The number of hydrogen-bond donors (Lipinski definition) is 1. The van der Waals surface area contributed by atoms with Gasteiger partial charge in [-0.2, -0.15) is 0 Å². The summed E-state index contributed by atoms with van der Waals surface area (Å²) in [5, 5.41) is 9.24. The summed E-state index contributed by atoms with van der Waals surface area (Å²) in [5.41, 5.74) is 1.11. The van der Waals surface area contributed by atoms with Gasteiger partial charge in [0.25, 0.3) is 0 Å². The first-order valence-electron chi connectivity index (χ1n) is 7.90. The van der Waals surface area contributed by atoms with Gasteiger partial charge in [-0.05, 0) is 25.1 Å². The van der Waals surface area contributed by atoms with Crippen LogP contribution in [0.1, 0.15) is 38.3 Å². The summed E-state index contributed by atoms with van der Waals surface area (Å²) in [6, 6.07) is 10.6. The number of likely N-dealkylation sites (tertiary alicyclic amines) is 1. The Morgan fingerprint density at radius 1 is 1.33 bits per heavy atom. The van der Waals surface area contributed by atoms with Crippen LogP contribution >= 0.6 is 0 Å². The molecule has 0 aliphatic carbocycles. The lowest BCUT2D eigenvalue weighted by Crippen LogP contribution is -2.38. The van der Waals surface area contributed by atoms with Crippen molar-refractivity contribution >= 4 is 5.97 Å². The number of hydrogen-bond acceptors (Lipinski definition) is 3. The van der Waals surface area contributed by atoms with E-state index in [-0.39, 0.29) is 12.5 Å². The first-order valence-corrected chi connectivity index (χ1v) is 7.90. The molecular formula is C17H26N2O2. The summed E-state index contributed by atoms with van der Waals surface area (Å²) in [4.78, 5) is 16.0. The fourth-order valence-corrected chi connectivity index (χ4v) is 3.39. The van der Waals surface area contributed by atoms with Crippen LogP contribution in [0.15, 0.2) is 30.3 Å². The highest BCUT2D eigenvalue weighted by Gasteiger charge is 2.32. The van der Waals surface area contributed by atoms with Gasteiger partial charge in [-0.1, -0.05) is 44.2 Å². The average molecular weight is 290 g/mol. The standard InChI is InChI=1S/C17H26N2O2/c1-3-18(4-2)15-10-11-19(13-15)16(12-17(20)21)14-8-6-5-7-9-14/h5-9,15-16H,3-4,10-13H2,1-2H3,(H,20,21). The van der Waals surface area contributed by atoms with E-state index in [0.717, 1.165) is 38.2 Å². The molecule has 1 heterocycles. The van der Waals surface area contributed by atoms with Crippen LogP contribution in [0, 0.1) is 0 Å². The Bertz CT molecular complexity index is 445. The fourth-order valence-electron chi connectivity index (χ4n) is 3.39. The molecule has 0 bridgehead atoms. The Balaban J connectivity index is 2.10. The molecule has 1 aliphatic rings. The number of carboxylic acids is 1. The molecule has 2 unspecified atom stereocenters. The zero-order valence-electron chi connectivity index (χ0n) is 13.0. The number of benzene rings is 1. The minimum atomic E-state index is -0.727. The SMILES string of the molecule is CCN(CC)C1CCN(C(CC(=O)O)c2ccccc2)C1. The third-order valence-electron chi connectivity index (χ3n) is 4.52. The molecule has 0 radical (unpaired) electrons. The van der Waals surface area contributed by atoms with E-state index < -0.39 is 5.97 Å². The van der Waals surface area contributed by atoms with Gasteiger partial charge in [-0.15, -0.1) is 0 Å². The van der Waals surface area contributed by atoms with E-state index in [4.69, 9.17) is 0 Å². The molecule has 1 saturated heterocycles. The van der Waals surface area contributed by atoms with Gasteiger partial charge in [0, 0.05) is 25.2 Å². The Labute approximate surface area is 127 Å². The molecule has 21 heavy (non-hydrogen) atoms. The molecule has 2 atom stereocenters. The highest BCUT2D eigenvalue weighted by Crippen LogP contribution is 2.29. The molecule has 116 valence electrons. The van der Waals surface area contributed by atoms with Gasteiger partial charge in [0.15, 0.2) is 0 Å². The Kier molecular flexibility index (Phi) is 5.76. The molecule has 4 heteroatoms. The lowest BCUT2D eigenvalue weighted by molar-refractivity contribution is -0.138. The minimum absolute atomic E-state index is 0.00994. The molecule has 0 spiro atoms. The van der Waals surface area contributed by atoms with Crippen molar-refractivity contribution in [1.29, 1.82) is 0 Å². The summed E-state index contributed by atoms with van der Waals surface area (Å²) in [7, 11) is 0. The predicted molar refractivity (Wildman–Crippen MR) is 84.3 cm³/mol. The van der Waals surface area contributed by atoms with E-state index in [1.807, 2.05) is 30.3 Å². The summed E-state index contributed by atoms with van der Waals surface area (Å²) in [6.45, 7) is 8.45. The Morgan fingerprint density at radius 2 is 2.00 bits per heavy atom. The van der Waals surface area contributed by atoms with Gasteiger partial charge in [0.05, 0.1) is 6.42 Å². The van der Waals surface area contributed by atoms with Crippen LogP contribution in [0.2, 0.25) is 0 Å². The van der Waals surface area contributed by atoms with Crippen molar-refractivity contribution in [2.75, 3.05) is 26.2 Å². The van der Waals surface area contributed by atoms with Crippen LogP contribution in [-0.4, -0.2) is 53.1 Å². The van der Waals surface area contributed by atoms with E-state index in [9.17, 15) is 9.90 Å². The minimum Gasteiger partial charge on any atom is -0.481 e. The van der Waals surface area contributed by atoms with Gasteiger partial charge in [-0.25, -0.2) is 0 Å². The molecule has 1 aromatic carbocycles. The molecule has 1 N–H and O–H groups in total. The van der Waals surface area contributed by atoms with E-state index in [1.165, 1.54) is 0 Å². The van der Waals surface area contributed by atoms with Gasteiger partial charge in [-0.3, -0.25) is 14.6 Å². The lowest BCUT2D eigenvalue weighted by atomic mass is 10.0. The number of likely N-dealkylation sites (N-methyl/N-ethyl adjacent to an activating group) is 1. The van der Waals surface area contributed by atoms with Crippen molar-refractivity contribution in [2.24, 2.45) is 0 Å². The average Bonchev–Trinajstić information content (AvgIpc) is 2.96. The summed E-state index contributed by atoms with van der Waals surface area (Å²) in [6.07, 6.45) is 1.31. The molecular weight excluding hydrogens is 264 g/mol. The Morgan fingerprint density at radius 3 is 2.57 bits per heavy atom. The molecule has 0 saturated carbocycles. The van der Waals surface area contributed by atoms with Gasteiger partial charge in [0.1, 0.15) is 0 Å². The zero-order chi connectivity index (χ0) is 15.2. The topological polar surface area (TPSA) is 43.8 Å². The third-order valence-corrected chi connectivity index (χ3v) is 4.52. The highest BCUT2D eigenvalue weighted by atomic mass is 16.4. The largest absolute Gasteiger partial charge is 0.481 e. The van der Waals surface area contributed by atoms with Gasteiger partial charge >= 0.3 is 5.97 Å². The molecule has 4 nitrogen and oxygen atoms in total. The van der Waals surface area contributed by atoms with Crippen molar-refractivity contribution in [1.82, 2.24) is 9.80 Å². The van der Waals surface area contributed by atoms with E-state index in [1.54, 1.807) is 0 Å². The zero-order valence-corrected chi connectivity index (χ0v) is 13.0. The number of carbonyl (C=O) groups is 1. The molecule has 2 rings (SSSR count). The Hall–Kier alpha value is -1.39. The quantitative estimate of drug-likeness (QED) is 0.838. The monoisotopic (exact) mass is 290 g/mol. The van der Waals surface area contributed by atoms with Crippen LogP contribution in [0.4, 0.5) is 0 Å². The van der Waals surface area contributed by atoms with Crippen LogP contribution in [0.25, 0.3) is 0 Å². The van der Waals surface area contributed by atoms with Crippen LogP contribution < -0.4 is 0 Å². The van der Waals surface area contributed by atoms with Gasteiger partial charge in [0.2, 0.25) is 0 Å².